The molecule has 0 saturated carbocycles. The van der Waals surface area contributed by atoms with Crippen LogP contribution in [0.5, 0.6) is 0 Å². The predicted octanol–water partition coefficient (Wildman–Crippen LogP) is 20.2. The molecule has 0 N–H and O–H groups in total. The number of hydrogen-bond acceptors (Lipinski definition) is 3. The van der Waals surface area contributed by atoms with Crippen molar-refractivity contribution in [3.63, 3.8) is 0 Å². The quantitative estimate of drug-likeness (QED) is 0.0715. The molecule has 0 spiro atoms. The van der Waals surface area contributed by atoms with Gasteiger partial charge in [-0.25, -0.2) is 0 Å². The largest absolute Gasteiger partial charge is 3.00 e. The van der Waals surface area contributed by atoms with Gasteiger partial charge in [0.05, 0.1) is 0 Å². The van der Waals surface area contributed by atoms with Crippen LogP contribution in [-0.2, 0) is 45.8 Å². The van der Waals surface area contributed by atoms with E-state index >= 15 is 22.0 Å². The number of halogens is 5. The number of nitrogens with zero attached hydrogens (tertiary/aromatic N) is 3. The van der Waals surface area contributed by atoms with Crippen molar-refractivity contribution in [3.05, 3.63) is 331 Å². The zero-order chi connectivity index (χ0) is 59.2. The minimum atomic E-state index is -0.723. The SMILES string of the molecule is Fc1c[c-]c(-c2cc(-c3ccc(-c4ccccc4)cc3)c(-c3ccccc3-c3cc(CCc4ccc(-c5[c-]cc(F)c(-c6ccccc6)c5F)nc4)cc(CCc4ccc(-c5[c-]cc(F)c(-c6ccccc6)c5F)nc4)c3)cn2)cc1-c1ccccc1.[Ir+3]. The number of aryl methyl sites for hydroxylation is 4. The van der Waals surface area contributed by atoms with Gasteiger partial charge in [0.15, 0.2) is 0 Å². The van der Waals surface area contributed by atoms with Crippen LogP contribution in [0.25, 0.3) is 112 Å². The molecule has 88 heavy (non-hydrogen) atoms. The van der Waals surface area contributed by atoms with E-state index in [-0.39, 0.29) is 48.2 Å². The molecular formula is C79H51F5IrN3. The average Bonchev–Trinajstić information content (AvgIpc) is 2.39. The second kappa shape index (κ2) is 26.3. The molecule has 0 aliphatic carbocycles. The van der Waals surface area contributed by atoms with Gasteiger partial charge in [0.25, 0.3) is 0 Å². The molecule has 0 unspecified atom stereocenters. The second-order valence-corrected chi connectivity index (χ2v) is 21.4. The Kier molecular flexibility index (Phi) is 17.4. The minimum Gasteiger partial charge on any atom is -0.304 e. The van der Waals surface area contributed by atoms with E-state index in [4.69, 9.17) is 4.98 Å². The zero-order valence-electron chi connectivity index (χ0n) is 47.2. The summed E-state index contributed by atoms with van der Waals surface area (Å²) in [7, 11) is 0. The van der Waals surface area contributed by atoms with Crippen molar-refractivity contribution in [2.75, 3.05) is 0 Å². The van der Waals surface area contributed by atoms with E-state index in [0.29, 0.717) is 65.0 Å². The van der Waals surface area contributed by atoms with Gasteiger partial charge in [-0.1, -0.05) is 235 Å². The van der Waals surface area contributed by atoms with Crippen LogP contribution in [0.15, 0.2) is 261 Å². The van der Waals surface area contributed by atoms with E-state index in [2.05, 4.69) is 101 Å². The molecule has 0 amide bonds. The molecule has 0 saturated heterocycles. The molecule has 0 bridgehead atoms. The third kappa shape index (κ3) is 12.5. The molecule has 0 radical (unpaired) electrons. The van der Waals surface area contributed by atoms with Crippen LogP contribution in [0.1, 0.15) is 22.3 Å². The molecule has 10 aromatic carbocycles. The van der Waals surface area contributed by atoms with E-state index in [1.807, 2.05) is 85.1 Å². The van der Waals surface area contributed by atoms with Crippen molar-refractivity contribution in [3.8, 4) is 112 Å². The molecule has 13 rings (SSSR count). The Bertz CT molecular complexity index is 4420. The summed E-state index contributed by atoms with van der Waals surface area (Å²) < 4.78 is 77.8. The number of pyridine rings is 3. The second-order valence-electron chi connectivity index (χ2n) is 21.4. The van der Waals surface area contributed by atoms with Crippen LogP contribution in [0.3, 0.4) is 0 Å². The Morgan fingerprint density at radius 2 is 0.705 bits per heavy atom. The fraction of sp³-hybridized carbons (Fsp3) is 0.0506. The van der Waals surface area contributed by atoms with Gasteiger partial charge in [0.1, 0.15) is 0 Å². The van der Waals surface area contributed by atoms with Crippen molar-refractivity contribution in [1.29, 1.82) is 0 Å². The Hall–Kier alpha value is -10.1. The smallest absolute Gasteiger partial charge is 0.304 e. The van der Waals surface area contributed by atoms with Crippen LogP contribution in [0, 0.1) is 47.3 Å². The minimum absolute atomic E-state index is 0. The Balaban J connectivity index is 0.00000754. The van der Waals surface area contributed by atoms with Crippen molar-refractivity contribution < 1.29 is 42.1 Å². The summed E-state index contributed by atoms with van der Waals surface area (Å²) in [5, 5.41) is 0. The first-order valence-electron chi connectivity index (χ1n) is 28.7. The van der Waals surface area contributed by atoms with E-state index in [1.54, 1.807) is 85.2 Å². The summed E-state index contributed by atoms with van der Waals surface area (Å²) in [5.41, 5.74) is 15.9. The first-order chi connectivity index (χ1) is 42.7. The maximum absolute atomic E-state index is 16.1. The van der Waals surface area contributed by atoms with Crippen molar-refractivity contribution in [1.82, 2.24) is 15.0 Å². The van der Waals surface area contributed by atoms with Gasteiger partial charge in [0, 0.05) is 53.2 Å². The normalized spacial score (nSPS) is 11.1. The molecule has 13 aromatic rings. The van der Waals surface area contributed by atoms with E-state index in [9.17, 15) is 0 Å². The topological polar surface area (TPSA) is 38.7 Å². The molecule has 9 heteroatoms. The van der Waals surface area contributed by atoms with Crippen LogP contribution in [0.4, 0.5) is 22.0 Å². The predicted molar refractivity (Wildman–Crippen MR) is 338 cm³/mol. The van der Waals surface area contributed by atoms with Gasteiger partial charge in [-0.2, -0.15) is 0 Å². The van der Waals surface area contributed by atoms with Gasteiger partial charge in [-0.05, 0) is 132 Å². The third-order valence-corrected chi connectivity index (χ3v) is 15.8. The zero-order valence-corrected chi connectivity index (χ0v) is 49.6. The van der Waals surface area contributed by atoms with Crippen LogP contribution >= 0.6 is 0 Å². The molecule has 0 aliphatic rings. The Labute approximate surface area is 522 Å². The summed E-state index contributed by atoms with van der Waals surface area (Å²) in [4.78, 5) is 14.4. The van der Waals surface area contributed by atoms with E-state index < -0.39 is 23.3 Å². The van der Waals surface area contributed by atoms with Gasteiger partial charge < -0.3 is 15.0 Å². The number of benzene rings is 10. The third-order valence-electron chi connectivity index (χ3n) is 15.8. The van der Waals surface area contributed by atoms with E-state index in [1.165, 1.54) is 6.07 Å². The van der Waals surface area contributed by atoms with E-state index in [0.717, 1.165) is 84.5 Å². The first kappa shape index (κ1) is 58.3. The summed E-state index contributed by atoms with van der Waals surface area (Å²) in [6, 6.07) is 84.1. The molecule has 3 nitrogen and oxygen atoms in total. The Morgan fingerprint density at radius 1 is 0.284 bits per heavy atom. The monoisotopic (exact) mass is 1330 g/mol. The van der Waals surface area contributed by atoms with Crippen LogP contribution in [-0.4, -0.2) is 15.0 Å². The molecule has 0 fully saturated rings. The number of hydrogen-bond donors (Lipinski definition) is 0. The van der Waals surface area contributed by atoms with Gasteiger partial charge in [0.2, 0.25) is 0 Å². The summed E-state index contributed by atoms with van der Waals surface area (Å²) in [6.45, 7) is 0. The number of aromatic nitrogens is 3. The van der Waals surface area contributed by atoms with Crippen LogP contribution in [0.2, 0.25) is 0 Å². The summed E-state index contributed by atoms with van der Waals surface area (Å²) in [5.74, 6) is -3.22. The maximum atomic E-state index is 16.1. The first-order valence-corrected chi connectivity index (χ1v) is 28.7. The molecule has 0 atom stereocenters. The molecule has 0 aliphatic heterocycles. The number of rotatable bonds is 16. The molecule has 3 heterocycles. The Morgan fingerprint density at radius 3 is 1.22 bits per heavy atom. The van der Waals surface area contributed by atoms with Crippen molar-refractivity contribution in [2.24, 2.45) is 0 Å². The standard InChI is InChI=1S/C79H51F5N3.Ir/c80-70-38-35-61(46-68(70)57-17-7-2-8-18-57)75-47-67(58-33-31-56(32-34-58)55-15-5-1-6-16-55)69(50-87-75)64-24-14-13-23-63(64)62-44-53(27-25-51-29-41-73(85-48-51)65-36-39-71(81)76(78(65)83)59-19-9-3-10-20-59)43-54(45-62)28-26-52-30-42-74(86-49-52)66-37-40-72(82)77(79(66)84)60-21-11-4-12-22-60;/h1-24,29-34,38-50H,25-28H2;/q-3;+3. The molecule has 426 valence electrons. The van der Waals surface area contributed by atoms with Crippen molar-refractivity contribution >= 4 is 0 Å². The molecule has 3 aromatic heterocycles. The van der Waals surface area contributed by atoms with Gasteiger partial charge >= 0.3 is 20.1 Å². The van der Waals surface area contributed by atoms with Crippen LogP contribution < -0.4 is 0 Å². The van der Waals surface area contributed by atoms with Gasteiger partial charge in [-0.15, -0.1) is 48.0 Å². The summed E-state index contributed by atoms with van der Waals surface area (Å²) >= 11 is 0. The molecular weight excluding hydrogens is 1280 g/mol. The maximum Gasteiger partial charge on any atom is 3.00 e. The fourth-order valence-corrected chi connectivity index (χ4v) is 11.3. The van der Waals surface area contributed by atoms with Crippen molar-refractivity contribution in [2.45, 2.75) is 25.7 Å². The van der Waals surface area contributed by atoms with Gasteiger partial charge in [-0.3, -0.25) is 22.0 Å². The fourth-order valence-electron chi connectivity index (χ4n) is 11.3. The average molecular weight is 1330 g/mol. The summed E-state index contributed by atoms with van der Waals surface area (Å²) in [6.07, 6.45) is 7.86.